The van der Waals surface area contributed by atoms with Gasteiger partial charge in [0.25, 0.3) is 0 Å². The minimum Gasteiger partial charge on any atom is -0.496 e. The second kappa shape index (κ2) is 5.69. The number of aliphatic hydroxyl groups excluding tert-OH is 1. The summed E-state index contributed by atoms with van der Waals surface area (Å²) in [5.41, 5.74) is 2.88. The van der Waals surface area contributed by atoms with Crippen molar-refractivity contribution in [1.82, 2.24) is 0 Å². The first-order valence-corrected chi connectivity index (χ1v) is 6.16. The van der Waals surface area contributed by atoms with Gasteiger partial charge in [-0.05, 0) is 42.7 Å². The normalized spacial score (nSPS) is 21.7. The fourth-order valence-electron chi connectivity index (χ4n) is 2.38. The quantitative estimate of drug-likeness (QED) is 0.890. The maximum Gasteiger partial charge on any atom is 0.124 e. The minimum atomic E-state index is -0.659. The summed E-state index contributed by atoms with van der Waals surface area (Å²) < 4.78 is 16.2. The molecule has 1 saturated heterocycles. The largest absolute Gasteiger partial charge is 0.496 e. The zero-order valence-electron chi connectivity index (χ0n) is 11.1. The zero-order valence-corrected chi connectivity index (χ0v) is 11.1. The van der Waals surface area contributed by atoms with E-state index in [1.54, 1.807) is 7.11 Å². The summed E-state index contributed by atoms with van der Waals surface area (Å²) in [6.07, 6.45) is -0.945. The summed E-state index contributed by atoms with van der Waals surface area (Å²) in [6.45, 7) is 5.52. The SMILES string of the molecule is COc1c(C)cc(C(O)C2COCCO2)cc1C. The molecule has 4 heteroatoms. The molecular formula is C14H20O4. The van der Waals surface area contributed by atoms with Crippen LogP contribution in [-0.2, 0) is 9.47 Å². The third kappa shape index (κ3) is 2.66. The molecule has 2 rings (SSSR count). The molecule has 100 valence electrons. The molecule has 0 aromatic heterocycles. The minimum absolute atomic E-state index is 0.286. The number of ether oxygens (including phenoxy) is 3. The van der Waals surface area contributed by atoms with Gasteiger partial charge < -0.3 is 19.3 Å². The summed E-state index contributed by atoms with van der Waals surface area (Å²) in [5, 5.41) is 10.3. The Morgan fingerprint density at radius 1 is 1.28 bits per heavy atom. The Morgan fingerprint density at radius 3 is 2.44 bits per heavy atom. The van der Waals surface area contributed by atoms with Crippen molar-refractivity contribution < 1.29 is 19.3 Å². The van der Waals surface area contributed by atoms with E-state index in [2.05, 4.69) is 0 Å². The summed E-state index contributed by atoms with van der Waals surface area (Å²) in [4.78, 5) is 0. The lowest BCUT2D eigenvalue weighted by Gasteiger charge is -2.28. The van der Waals surface area contributed by atoms with Crippen LogP contribution in [0.5, 0.6) is 5.75 Å². The Labute approximate surface area is 107 Å². The number of hydrogen-bond acceptors (Lipinski definition) is 4. The smallest absolute Gasteiger partial charge is 0.124 e. The first-order chi connectivity index (χ1) is 8.63. The highest BCUT2D eigenvalue weighted by molar-refractivity contribution is 5.44. The Balaban J connectivity index is 2.22. The molecule has 0 saturated carbocycles. The van der Waals surface area contributed by atoms with Crippen LogP contribution in [-0.4, -0.2) is 38.1 Å². The number of methoxy groups -OCH3 is 1. The van der Waals surface area contributed by atoms with Gasteiger partial charge in [0, 0.05) is 0 Å². The first-order valence-electron chi connectivity index (χ1n) is 6.16. The molecule has 2 atom stereocenters. The first kappa shape index (κ1) is 13.3. The van der Waals surface area contributed by atoms with E-state index in [0.717, 1.165) is 22.4 Å². The van der Waals surface area contributed by atoms with Gasteiger partial charge in [0.2, 0.25) is 0 Å². The Bertz CT molecular complexity index is 387. The van der Waals surface area contributed by atoms with E-state index in [4.69, 9.17) is 14.2 Å². The molecule has 1 aliphatic rings. The molecule has 0 radical (unpaired) electrons. The van der Waals surface area contributed by atoms with Gasteiger partial charge in [-0.15, -0.1) is 0 Å². The van der Waals surface area contributed by atoms with Crippen molar-refractivity contribution in [3.05, 3.63) is 28.8 Å². The van der Waals surface area contributed by atoms with Crippen molar-refractivity contribution in [3.63, 3.8) is 0 Å². The maximum absolute atomic E-state index is 10.3. The molecule has 1 aromatic carbocycles. The second-order valence-corrected chi connectivity index (χ2v) is 4.62. The zero-order chi connectivity index (χ0) is 13.1. The van der Waals surface area contributed by atoms with Crippen LogP contribution in [0.3, 0.4) is 0 Å². The van der Waals surface area contributed by atoms with Crippen LogP contribution < -0.4 is 4.74 Å². The molecule has 1 N–H and O–H groups in total. The van der Waals surface area contributed by atoms with Crippen LogP contribution in [0.2, 0.25) is 0 Å². The van der Waals surface area contributed by atoms with Crippen LogP contribution in [0.15, 0.2) is 12.1 Å². The van der Waals surface area contributed by atoms with Gasteiger partial charge in [-0.25, -0.2) is 0 Å². The number of hydrogen-bond donors (Lipinski definition) is 1. The van der Waals surface area contributed by atoms with Crippen molar-refractivity contribution in [3.8, 4) is 5.75 Å². The molecule has 1 heterocycles. The Morgan fingerprint density at radius 2 is 1.94 bits per heavy atom. The highest BCUT2D eigenvalue weighted by Crippen LogP contribution is 2.29. The third-order valence-corrected chi connectivity index (χ3v) is 3.22. The van der Waals surface area contributed by atoms with E-state index in [0.29, 0.717) is 19.8 Å². The molecule has 4 nitrogen and oxygen atoms in total. The lowest BCUT2D eigenvalue weighted by Crippen LogP contribution is -2.33. The number of rotatable bonds is 3. The molecular weight excluding hydrogens is 232 g/mol. The monoisotopic (exact) mass is 252 g/mol. The lowest BCUT2D eigenvalue weighted by molar-refractivity contribution is -0.133. The van der Waals surface area contributed by atoms with Gasteiger partial charge in [0.1, 0.15) is 18.0 Å². The summed E-state index contributed by atoms with van der Waals surface area (Å²) in [7, 11) is 1.66. The lowest BCUT2D eigenvalue weighted by atomic mass is 9.98. The van der Waals surface area contributed by atoms with E-state index >= 15 is 0 Å². The molecule has 0 bridgehead atoms. The van der Waals surface area contributed by atoms with E-state index in [-0.39, 0.29) is 6.10 Å². The van der Waals surface area contributed by atoms with Crippen LogP contribution >= 0.6 is 0 Å². The summed E-state index contributed by atoms with van der Waals surface area (Å²) in [5.74, 6) is 0.867. The molecule has 0 spiro atoms. The van der Waals surface area contributed by atoms with Crippen molar-refractivity contribution >= 4 is 0 Å². The maximum atomic E-state index is 10.3. The molecule has 18 heavy (non-hydrogen) atoms. The highest BCUT2D eigenvalue weighted by Gasteiger charge is 2.25. The van der Waals surface area contributed by atoms with E-state index in [9.17, 15) is 5.11 Å². The number of benzene rings is 1. The predicted molar refractivity (Wildman–Crippen MR) is 68.0 cm³/mol. The van der Waals surface area contributed by atoms with Crippen molar-refractivity contribution in [2.45, 2.75) is 26.1 Å². The van der Waals surface area contributed by atoms with Crippen LogP contribution in [0.4, 0.5) is 0 Å². The molecule has 0 aliphatic carbocycles. The second-order valence-electron chi connectivity index (χ2n) is 4.62. The topological polar surface area (TPSA) is 47.9 Å². The molecule has 0 amide bonds. The molecule has 1 aromatic rings. The van der Waals surface area contributed by atoms with Gasteiger partial charge in [-0.2, -0.15) is 0 Å². The standard InChI is InChI=1S/C14H20O4/c1-9-6-11(7-10(2)14(9)16-3)13(15)12-8-17-4-5-18-12/h6-7,12-13,15H,4-5,8H2,1-3H3. The summed E-state index contributed by atoms with van der Waals surface area (Å²) >= 11 is 0. The van der Waals surface area contributed by atoms with Crippen LogP contribution in [0.25, 0.3) is 0 Å². The average molecular weight is 252 g/mol. The van der Waals surface area contributed by atoms with Gasteiger partial charge in [-0.3, -0.25) is 0 Å². The van der Waals surface area contributed by atoms with Gasteiger partial charge in [0.15, 0.2) is 0 Å². The van der Waals surface area contributed by atoms with E-state index in [1.807, 2.05) is 26.0 Å². The third-order valence-electron chi connectivity index (χ3n) is 3.22. The molecule has 1 fully saturated rings. The van der Waals surface area contributed by atoms with Crippen molar-refractivity contribution in [2.24, 2.45) is 0 Å². The van der Waals surface area contributed by atoms with E-state index in [1.165, 1.54) is 0 Å². The summed E-state index contributed by atoms with van der Waals surface area (Å²) in [6, 6.07) is 3.88. The van der Waals surface area contributed by atoms with Crippen LogP contribution in [0.1, 0.15) is 22.8 Å². The predicted octanol–water partition coefficient (Wildman–Crippen LogP) is 1.76. The van der Waals surface area contributed by atoms with Gasteiger partial charge >= 0.3 is 0 Å². The number of aliphatic hydroxyl groups is 1. The fourth-order valence-corrected chi connectivity index (χ4v) is 2.38. The molecule has 1 aliphatic heterocycles. The average Bonchev–Trinajstić information content (AvgIpc) is 2.38. The Kier molecular flexibility index (Phi) is 4.22. The van der Waals surface area contributed by atoms with Gasteiger partial charge in [0.05, 0.1) is 26.9 Å². The van der Waals surface area contributed by atoms with Crippen molar-refractivity contribution in [1.29, 1.82) is 0 Å². The Hall–Kier alpha value is -1.10. The van der Waals surface area contributed by atoms with E-state index < -0.39 is 6.10 Å². The number of aryl methyl sites for hydroxylation is 2. The fraction of sp³-hybridized carbons (Fsp3) is 0.571. The van der Waals surface area contributed by atoms with Crippen molar-refractivity contribution in [2.75, 3.05) is 26.9 Å². The molecule has 2 unspecified atom stereocenters. The highest BCUT2D eigenvalue weighted by atomic mass is 16.6. The van der Waals surface area contributed by atoms with Gasteiger partial charge in [-0.1, -0.05) is 0 Å². The van der Waals surface area contributed by atoms with Crippen LogP contribution in [0, 0.1) is 13.8 Å².